The molecule has 0 amide bonds. The van der Waals surface area contributed by atoms with Crippen molar-refractivity contribution < 1.29 is 9.26 Å². The number of nitrogens with zero attached hydrogens (tertiary/aromatic N) is 2. The minimum Gasteiger partial charge on any atom is -0.483 e. The van der Waals surface area contributed by atoms with E-state index >= 15 is 0 Å². The third kappa shape index (κ3) is 3.58. The summed E-state index contributed by atoms with van der Waals surface area (Å²) in [6.45, 7) is 4.83. The van der Waals surface area contributed by atoms with E-state index in [4.69, 9.17) is 15.0 Å². The molecule has 20 heavy (non-hydrogen) atoms. The largest absolute Gasteiger partial charge is 0.483 e. The predicted molar refractivity (Wildman–Crippen MR) is 79.6 cm³/mol. The van der Waals surface area contributed by atoms with Crippen LogP contribution in [0.5, 0.6) is 5.75 Å². The van der Waals surface area contributed by atoms with Crippen molar-refractivity contribution in [2.75, 3.05) is 6.54 Å². The van der Waals surface area contributed by atoms with Crippen LogP contribution in [0, 0.1) is 6.92 Å². The van der Waals surface area contributed by atoms with Gasteiger partial charge in [0.15, 0.2) is 12.4 Å². The second kappa shape index (κ2) is 6.85. The van der Waals surface area contributed by atoms with Gasteiger partial charge in [-0.3, -0.25) is 0 Å². The van der Waals surface area contributed by atoms with Crippen LogP contribution in [0.1, 0.15) is 29.8 Å². The molecule has 0 fully saturated rings. The first-order valence-electron chi connectivity index (χ1n) is 6.57. The number of ether oxygens (including phenoxy) is 1. The number of halogens is 1. The number of aromatic nitrogens is 2. The van der Waals surface area contributed by atoms with Gasteiger partial charge >= 0.3 is 0 Å². The first-order valence-corrected chi connectivity index (χ1v) is 7.36. The smallest absolute Gasteiger partial charge is 0.264 e. The minimum atomic E-state index is 0.271. The number of benzene rings is 1. The predicted octanol–water partition coefficient (Wildman–Crippen LogP) is 2.78. The maximum Gasteiger partial charge on any atom is 0.264 e. The Bertz CT molecular complexity index is 584. The lowest BCUT2D eigenvalue weighted by atomic mass is 10.1. The van der Waals surface area contributed by atoms with Crippen LogP contribution in [0.3, 0.4) is 0 Å². The second-order valence-corrected chi connectivity index (χ2v) is 5.41. The van der Waals surface area contributed by atoms with Crippen molar-refractivity contribution in [1.29, 1.82) is 0 Å². The summed E-state index contributed by atoms with van der Waals surface area (Å²) in [5, 5.41) is 3.85. The van der Waals surface area contributed by atoms with E-state index in [0.717, 1.165) is 34.2 Å². The van der Waals surface area contributed by atoms with Gasteiger partial charge in [-0.25, -0.2) is 0 Å². The molecule has 0 aliphatic heterocycles. The van der Waals surface area contributed by atoms with Gasteiger partial charge in [-0.2, -0.15) is 4.98 Å². The highest BCUT2D eigenvalue weighted by molar-refractivity contribution is 9.10. The van der Waals surface area contributed by atoms with E-state index in [1.54, 1.807) is 0 Å². The van der Waals surface area contributed by atoms with Gasteiger partial charge in [0.25, 0.3) is 5.89 Å². The molecule has 0 saturated carbocycles. The molecule has 2 N–H and O–H groups in total. The summed E-state index contributed by atoms with van der Waals surface area (Å²) in [4.78, 5) is 4.23. The van der Waals surface area contributed by atoms with E-state index in [9.17, 15) is 0 Å². The first kappa shape index (κ1) is 15.0. The maximum atomic E-state index is 5.85. The summed E-state index contributed by atoms with van der Waals surface area (Å²) in [5.41, 5.74) is 7.78. The van der Waals surface area contributed by atoms with Crippen LogP contribution in [0.2, 0.25) is 0 Å². The molecular weight excluding hydrogens is 322 g/mol. The van der Waals surface area contributed by atoms with Crippen molar-refractivity contribution in [1.82, 2.24) is 10.1 Å². The van der Waals surface area contributed by atoms with E-state index in [1.165, 1.54) is 0 Å². The zero-order valence-electron chi connectivity index (χ0n) is 11.6. The highest BCUT2D eigenvalue weighted by atomic mass is 79.9. The van der Waals surface area contributed by atoms with Crippen molar-refractivity contribution in [2.45, 2.75) is 33.3 Å². The highest BCUT2D eigenvalue weighted by Gasteiger charge is 2.11. The Morgan fingerprint density at radius 1 is 1.40 bits per heavy atom. The number of aryl methyl sites for hydroxylation is 2. The topological polar surface area (TPSA) is 74.2 Å². The van der Waals surface area contributed by atoms with E-state index in [-0.39, 0.29) is 6.61 Å². The van der Waals surface area contributed by atoms with Gasteiger partial charge < -0.3 is 15.0 Å². The van der Waals surface area contributed by atoms with Gasteiger partial charge in [0, 0.05) is 10.9 Å². The molecule has 0 atom stereocenters. The van der Waals surface area contributed by atoms with Crippen molar-refractivity contribution in [3.63, 3.8) is 0 Å². The first-order chi connectivity index (χ1) is 9.63. The van der Waals surface area contributed by atoms with E-state index in [0.29, 0.717) is 18.3 Å². The fourth-order valence-electron chi connectivity index (χ4n) is 1.97. The van der Waals surface area contributed by atoms with Gasteiger partial charge in [-0.05, 0) is 43.1 Å². The SMILES string of the molecule is CCc1noc(COc2c(C)cc(Br)cc2CCN)n1. The highest BCUT2D eigenvalue weighted by Crippen LogP contribution is 2.29. The van der Waals surface area contributed by atoms with Gasteiger partial charge in [-0.1, -0.05) is 28.0 Å². The average molecular weight is 340 g/mol. The zero-order chi connectivity index (χ0) is 14.5. The number of rotatable bonds is 6. The molecule has 0 aliphatic rings. The molecule has 0 spiro atoms. The van der Waals surface area contributed by atoms with E-state index < -0.39 is 0 Å². The summed E-state index contributed by atoms with van der Waals surface area (Å²) >= 11 is 3.49. The molecule has 0 radical (unpaired) electrons. The van der Waals surface area contributed by atoms with Crippen molar-refractivity contribution >= 4 is 15.9 Å². The molecule has 0 unspecified atom stereocenters. The van der Waals surface area contributed by atoms with Gasteiger partial charge in [-0.15, -0.1) is 0 Å². The Hall–Kier alpha value is -1.40. The van der Waals surface area contributed by atoms with Gasteiger partial charge in [0.05, 0.1) is 0 Å². The second-order valence-electron chi connectivity index (χ2n) is 4.50. The summed E-state index contributed by atoms with van der Waals surface area (Å²) < 4.78 is 12.0. The summed E-state index contributed by atoms with van der Waals surface area (Å²) in [6, 6.07) is 4.04. The van der Waals surface area contributed by atoms with Crippen LogP contribution in [0.25, 0.3) is 0 Å². The Morgan fingerprint density at radius 2 is 2.20 bits per heavy atom. The average Bonchev–Trinajstić information content (AvgIpc) is 2.86. The summed E-state index contributed by atoms with van der Waals surface area (Å²) in [6.07, 6.45) is 1.51. The molecule has 5 nitrogen and oxygen atoms in total. The number of hydrogen-bond donors (Lipinski definition) is 1. The number of nitrogens with two attached hydrogens (primary N) is 1. The molecule has 1 aromatic carbocycles. The summed E-state index contributed by atoms with van der Waals surface area (Å²) in [7, 11) is 0. The Morgan fingerprint density at radius 3 is 2.85 bits per heavy atom. The molecule has 2 rings (SSSR count). The van der Waals surface area contributed by atoms with E-state index in [2.05, 4.69) is 26.1 Å². The molecule has 0 bridgehead atoms. The Labute approximate surface area is 126 Å². The lowest BCUT2D eigenvalue weighted by Gasteiger charge is -2.13. The third-order valence-electron chi connectivity index (χ3n) is 2.90. The normalized spacial score (nSPS) is 10.8. The van der Waals surface area contributed by atoms with Crippen LogP contribution in [-0.4, -0.2) is 16.7 Å². The zero-order valence-corrected chi connectivity index (χ0v) is 13.2. The monoisotopic (exact) mass is 339 g/mol. The minimum absolute atomic E-state index is 0.271. The lowest BCUT2D eigenvalue weighted by molar-refractivity contribution is 0.239. The van der Waals surface area contributed by atoms with Gasteiger partial charge in [0.2, 0.25) is 0 Å². The van der Waals surface area contributed by atoms with Crippen LogP contribution < -0.4 is 10.5 Å². The number of hydrogen-bond acceptors (Lipinski definition) is 5. The molecule has 0 saturated heterocycles. The summed E-state index contributed by atoms with van der Waals surface area (Å²) in [5.74, 6) is 2.02. The molecule has 1 aromatic heterocycles. The van der Waals surface area contributed by atoms with E-state index in [1.807, 2.05) is 26.0 Å². The quantitative estimate of drug-likeness (QED) is 0.875. The lowest BCUT2D eigenvalue weighted by Crippen LogP contribution is -2.07. The molecular formula is C14H18BrN3O2. The molecule has 108 valence electrons. The van der Waals surface area contributed by atoms with Crippen molar-refractivity contribution in [3.8, 4) is 5.75 Å². The van der Waals surface area contributed by atoms with Crippen molar-refractivity contribution in [3.05, 3.63) is 39.4 Å². The fraction of sp³-hybridized carbons (Fsp3) is 0.429. The Kier molecular flexibility index (Phi) is 5.14. The molecule has 0 aliphatic carbocycles. The van der Waals surface area contributed by atoms with Crippen molar-refractivity contribution in [2.24, 2.45) is 5.73 Å². The van der Waals surface area contributed by atoms with Crippen LogP contribution >= 0.6 is 15.9 Å². The Balaban J connectivity index is 2.15. The van der Waals surface area contributed by atoms with Gasteiger partial charge in [0.1, 0.15) is 5.75 Å². The molecule has 1 heterocycles. The molecule has 2 aromatic rings. The fourth-order valence-corrected chi connectivity index (χ4v) is 2.59. The third-order valence-corrected chi connectivity index (χ3v) is 3.35. The van der Waals surface area contributed by atoms with Crippen LogP contribution in [0.4, 0.5) is 0 Å². The van der Waals surface area contributed by atoms with Crippen LogP contribution in [0.15, 0.2) is 21.1 Å². The van der Waals surface area contributed by atoms with Crippen LogP contribution in [-0.2, 0) is 19.4 Å². The standard InChI is InChI=1S/C14H18BrN3O2/c1-3-12-17-13(20-18-12)8-19-14-9(2)6-11(15)7-10(14)4-5-16/h6-7H,3-5,8,16H2,1-2H3. The molecule has 6 heteroatoms. The maximum absolute atomic E-state index is 5.85.